The van der Waals surface area contributed by atoms with Gasteiger partial charge in [0.05, 0.1) is 6.04 Å². The summed E-state index contributed by atoms with van der Waals surface area (Å²) in [7, 11) is 0. The van der Waals surface area contributed by atoms with Gasteiger partial charge in [0.25, 0.3) is 0 Å². The fourth-order valence-corrected chi connectivity index (χ4v) is 3.19. The van der Waals surface area contributed by atoms with E-state index in [-0.39, 0.29) is 6.04 Å². The van der Waals surface area contributed by atoms with Gasteiger partial charge in [0.2, 0.25) is 5.91 Å². The van der Waals surface area contributed by atoms with Gasteiger partial charge in [-0.2, -0.15) is 0 Å². The van der Waals surface area contributed by atoms with Gasteiger partial charge in [-0.1, -0.05) is 20.3 Å². The number of hydrogen-bond acceptors (Lipinski definition) is 2. The van der Waals surface area contributed by atoms with Gasteiger partial charge >= 0.3 is 0 Å². The number of rotatable bonds is 3. The molecule has 3 nitrogen and oxygen atoms in total. The minimum Gasteiger partial charge on any atom is -0.341 e. The average molecular weight is 238 g/mol. The molecule has 3 heteroatoms. The Morgan fingerprint density at radius 3 is 2.94 bits per heavy atom. The van der Waals surface area contributed by atoms with Crippen molar-refractivity contribution in [1.29, 1.82) is 0 Å². The number of nitrogens with zero attached hydrogens (tertiary/aromatic N) is 1. The second-order valence-corrected chi connectivity index (χ2v) is 5.86. The second-order valence-electron chi connectivity index (χ2n) is 5.86. The fourth-order valence-electron chi connectivity index (χ4n) is 3.19. The first-order chi connectivity index (χ1) is 8.20. The lowest BCUT2D eigenvalue weighted by Crippen LogP contribution is -2.49. The first-order valence-electron chi connectivity index (χ1n) is 7.23. The van der Waals surface area contributed by atoms with Crippen LogP contribution >= 0.6 is 0 Å². The van der Waals surface area contributed by atoms with Crippen LogP contribution in [0.1, 0.15) is 46.0 Å². The SMILES string of the molecule is CCCC1CCN(C(=O)C2CC(C)CCN2)C1. The van der Waals surface area contributed by atoms with Gasteiger partial charge in [0.15, 0.2) is 0 Å². The highest BCUT2D eigenvalue weighted by atomic mass is 16.2. The Balaban J connectivity index is 1.83. The lowest BCUT2D eigenvalue weighted by atomic mass is 9.93. The standard InChI is InChI=1S/C14H26N2O/c1-3-4-12-6-8-16(10-12)14(17)13-9-11(2)5-7-15-13/h11-13,15H,3-10H2,1-2H3. The first kappa shape index (κ1) is 12.9. The zero-order valence-corrected chi connectivity index (χ0v) is 11.2. The summed E-state index contributed by atoms with van der Waals surface area (Å²) in [6, 6.07) is 0.0964. The molecule has 1 N–H and O–H groups in total. The summed E-state index contributed by atoms with van der Waals surface area (Å²) in [6.45, 7) is 7.47. The zero-order valence-electron chi connectivity index (χ0n) is 11.2. The van der Waals surface area contributed by atoms with Gasteiger partial charge in [-0.05, 0) is 44.1 Å². The van der Waals surface area contributed by atoms with Crippen molar-refractivity contribution in [1.82, 2.24) is 10.2 Å². The summed E-state index contributed by atoms with van der Waals surface area (Å²) in [5.74, 6) is 1.80. The van der Waals surface area contributed by atoms with E-state index in [1.165, 1.54) is 25.7 Å². The number of hydrogen-bond donors (Lipinski definition) is 1. The molecule has 3 atom stereocenters. The molecular weight excluding hydrogens is 212 g/mol. The number of piperidine rings is 1. The molecule has 0 spiro atoms. The molecule has 2 saturated heterocycles. The van der Waals surface area contributed by atoms with Crippen molar-refractivity contribution in [3.8, 4) is 0 Å². The fraction of sp³-hybridized carbons (Fsp3) is 0.929. The van der Waals surface area contributed by atoms with Gasteiger partial charge < -0.3 is 10.2 Å². The van der Waals surface area contributed by atoms with Gasteiger partial charge in [-0.3, -0.25) is 4.79 Å². The number of amides is 1. The summed E-state index contributed by atoms with van der Waals surface area (Å²) in [5, 5.41) is 3.38. The predicted octanol–water partition coefficient (Wildman–Crippen LogP) is 2.02. The quantitative estimate of drug-likeness (QED) is 0.816. The third-order valence-electron chi connectivity index (χ3n) is 4.26. The van der Waals surface area contributed by atoms with Gasteiger partial charge in [0.1, 0.15) is 0 Å². The average Bonchev–Trinajstić information content (AvgIpc) is 2.77. The molecule has 0 aromatic carbocycles. The molecule has 2 heterocycles. The Hall–Kier alpha value is -0.570. The highest BCUT2D eigenvalue weighted by molar-refractivity contribution is 5.82. The molecule has 0 aliphatic carbocycles. The van der Waals surface area contributed by atoms with E-state index in [9.17, 15) is 4.79 Å². The van der Waals surface area contributed by atoms with Crippen LogP contribution < -0.4 is 5.32 Å². The van der Waals surface area contributed by atoms with Crippen molar-refractivity contribution in [2.45, 2.75) is 52.0 Å². The van der Waals surface area contributed by atoms with Crippen molar-refractivity contribution in [2.24, 2.45) is 11.8 Å². The van der Waals surface area contributed by atoms with E-state index in [4.69, 9.17) is 0 Å². The third-order valence-corrected chi connectivity index (χ3v) is 4.26. The molecule has 17 heavy (non-hydrogen) atoms. The molecule has 0 aromatic heterocycles. The molecule has 2 fully saturated rings. The lowest BCUT2D eigenvalue weighted by molar-refractivity contribution is -0.133. The van der Waals surface area contributed by atoms with Crippen molar-refractivity contribution >= 4 is 5.91 Å². The van der Waals surface area contributed by atoms with E-state index in [2.05, 4.69) is 24.1 Å². The number of carbonyl (C=O) groups excluding carboxylic acids is 1. The Kier molecular flexibility index (Phi) is 4.43. The van der Waals surface area contributed by atoms with Crippen LogP contribution in [0, 0.1) is 11.8 Å². The van der Waals surface area contributed by atoms with Crippen molar-refractivity contribution < 1.29 is 4.79 Å². The molecule has 0 radical (unpaired) electrons. The van der Waals surface area contributed by atoms with Crippen LogP contribution in [0.4, 0.5) is 0 Å². The Bertz CT molecular complexity index is 267. The Morgan fingerprint density at radius 1 is 1.41 bits per heavy atom. The zero-order chi connectivity index (χ0) is 12.3. The van der Waals surface area contributed by atoms with E-state index in [1.807, 2.05) is 0 Å². The van der Waals surface area contributed by atoms with Crippen LogP contribution in [0.2, 0.25) is 0 Å². The van der Waals surface area contributed by atoms with Crippen LogP contribution in [0.15, 0.2) is 0 Å². The summed E-state index contributed by atoms with van der Waals surface area (Å²) in [6.07, 6.45) is 5.96. The molecule has 98 valence electrons. The number of nitrogens with one attached hydrogen (secondary N) is 1. The smallest absolute Gasteiger partial charge is 0.239 e. The number of likely N-dealkylation sites (tertiary alicyclic amines) is 1. The normalized spacial score (nSPS) is 34.0. The Morgan fingerprint density at radius 2 is 2.24 bits per heavy atom. The van der Waals surface area contributed by atoms with Crippen LogP contribution in [0.5, 0.6) is 0 Å². The van der Waals surface area contributed by atoms with E-state index in [1.54, 1.807) is 0 Å². The maximum absolute atomic E-state index is 12.4. The van der Waals surface area contributed by atoms with E-state index in [0.717, 1.165) is 32.0 Å². The minimum absolute atomic E-state index is 0.0964. The van der Waals surface area contributed by atoms with E-state index >= 15 is 0 Å². The van der Waals surface area contributed by atoms with Gasteiger partial charge in [-0.25, -0.2) is 0 Å². The van der Waals surface area contributed by atoms with E-state index in [0.29, 0.717) is 11.8 Å². The Labute approximate surface area is 105 Å². The minimum atomic E-state index is 0.0964. The van der Waals surface area contributed by atoms with Crippen LogP contribution in [0.25, 0.3) is 0 Å². The largest absolute Gasteiger partial charge is 0.341 e. The summed E-state index contributed by atoms with van der Waals surface area (Å²) in [4.78, 5) is 14.5. The predicted molar refractivity (Wildman–Crippen MR) is 69.8 cm³/mol. The van der Waals surface area contributed by atoms with Crippen molar-refractivity contribution in [2.75, 3.05) is 19.6 Å². The molecule has 3 unspecified atom stereocenters. The summed E-state index contributed by atoms with van der Waals surface area (Å²) >= 11 is 0. The molecule has 2 aliphatic heterocycles. The second kappa shape index (κ2) is 5.85. The third kappa shape index (κ3) is 3.21. The molecule has 0 saturated carbocycles. The van der Waals surface area contributed by atoms with Gasteiger partial charge in [0, 0.05) is 13.1 Å². The monoisotopic (exact) mass is 238 g/mol. The van der Waals surface area contributed by atoms with Crippen molar-refractivity contribution in [3.63, 3.8) is 0 Å². The molecule has 0 aromatic rings. The molecule has 2 rings (SSSR count). The maximum Gasteiger partial charge on any atom is 0.239 e. The molecule has 2 aliphatic rings. The van der Waals surface area contributed by atoms with E-state index < -0.39 is 0 Å². The molecule has 1 amide bonds. The van der Waals surface area contributed by atoms with Crippen LogP contribution in [-0.2, 0) is 4.79 Å². The molecular formula is C14H26N2O. The van der Waals surface area contributed by atoms with Crippen LogP contribution in [-0.4, -0.2) is 36.5 Å². The van der Waals surface area contributed by atoms with Gasteiger partial charge in [-0.15, -0.1) is 0 Å². The van der Waals surface area contributed by atoms with Crippen molar-refractivity contribution in [3.05, 3.63) is 0 Å². The lowest BCUT2D eigenvalue weighted by Gasteiger charge is -2.30. The topological polar surface area (TPSA) is 32.3 Å². The summed E-state index contributed by atoms with van der Waals surface area (Å²) < 4.78 is 0. The first-order valence-corrected chi connectivity index (χ1v) is 7.23. The highest BCUT2D eigenvalue weighted by Crippen LogP contribution is 2.23. The maximum atomic E-state index is 12.4. The molecule has 0 bridgehead atoms. The summed E-state index contributed by atoms with van der Waals surface area (Å²) in [5.41, 5.74) is 0. The van der Waals surface area contributed by atoms with Crippen LogP contribution in [0.3, 0.4) is 0 Å². The highest BCUT2D eigenvalue weighted by Gasteiger charge is 2.32. The number of carbonyl (C=O) groups is 1.